The van der Waals surface area contributed by atoms with E-state index in [9.17, 15) is 9.59 Å². The van der Waals surface area contributed by atoms with E-state index >= 15 is 0 Å². The number of halogens is 2. The van der Waals surface area contributed by atoms with Gasteiger partial charge in [0, 0.05) is 15.7 Å². The summed E-state index contributed by atoms with van der Waals surface area (Å²) in [6.07, 6.45) is 0. The molecule has 0 atom stereocenters. The number of carbonyl (C=O) groups excluding carboxylic acids is 2. The van der Waals surface area contributed by atoms with Crippen molar-refractivity contribution < 1.29 is 9.59 Å². The van der Waals surface area contributed by atoms with Crippen molar-refractivity contribution in [3.63, 3.8) is 0 Å². The fourth-order valence-corrected chi connectivity index (χ4v) is 3.72. The molecule has 0 fully saturated rings. The van der Waals surface area contributed by atoms with Crippen molar-refractivity contribution in [3.05, 3.63) is 105 Å². The molecule has 1 N–H and O–H groups in total. The van der Waals surface area contributed by atoms with E-state index in [-0.39, 0.29) is 24.1 Å². The zero-order valence-electron chi connectivity index (χ0n) is 17.1. The van der Waals surface area contributed by atoms with Crippen LogP contribution in [0.3, 0.4) is 0 Å². The largest absolute Gasteiger partial charge is 0.350 e. The van der Waals surface area contributed by atoms with Gasteiger partial charge in [0.1, 0.15) is 5.70 Å². The third-order valence-corrected chi connectivity index (χ3v) is 5.86. The smallest absolute Gasteiger partial charge is 0.278 e. The number of imide groups is 1. The van der Waals surface area contributed by atoms with Gasteiger partial charge in [0.25, 0.3) is 11.8 Å². The van der Waals surface area contributed by atoms with E-state index in [1.54, 1.807) is 30.3 Å². The van der Waals surface area contributed by atoms with Crippen LogP contribution in [0.2, 0.25) is 10.0 Å². The molecule has 2 amide bonds. The Bertz CT molecular complexity index is 1200. The summed E-state index contributed by atoms with van der Waals surface area (Å²) in [6.45, 7) is 4.08. The third kappa shape index (κ3) is 4.36. The summed E-state index contributed by atoms with van der Waals surface area (Å²) < 4.78 is 0. The van der Waals surface area contributed by atoms with Crippen LogP contribution in [0, 0.1) is 13.8 Å². The summed E-state index contributed by atoms with van der Waals surface area (Å²) in [5, 5.41) is 4.26. The van der Waals surface area contributed by atoms with E-state index in [2.05, 4.69) is 5.32 Å². The Morgan fingerprint density at radius 3 is 2.16 bits per heavy atom. The van der Waals surface area contributed by atoms with Crippen LogP contribution in [0.4, 0.5) is 5.69 Å². The lowest BCUT2D eigenvalue weighted by atomic mass is 10.0. The van der Waals surface area contributed by atoms with Crippen LogP contribution < -0.4 is 5.32 Å². The highest BCUT2D eigenvalue weighted by molar-refractivity contribution is 6.37. The monoisotopic (exact) mass is 450 g/mol. The highest BCUT2D eigenvalue weighted by Gasteiger charge is 2.39. The number of hydrogen-bond donors (Lipinski definition) is 1. The van der Waals surface area contributed by atoms with E-state index in [0.29, 0.717) is 26.9 Å². The van der Waals surface area contributed by atoms with Crippen molar-refractivity contribution in [2.24, 2.45) is 0 Å². The van der Waals surface area contributed by atoms with Gasteiger partial charge in [-0.1, -0.05) is 71.2 Å². The first kappa shape index (κ1) is 21.2. The molecule has 0 aliphatic carbocycles. The standard InChI is InChI=1S/C25H20Cl2N2O2/c1-15-3-6-17(7-4-15)14-29-24(30)22(18-8-10-19(26)11-9-18)23(25(29)31)28-20-12-5-16(2)21(27)13-20/h3-13,28H,14H2,1-2H3. The van der Waals surface area contributed by atoms with Gasteiger partial charge in [0.15, 0.2) is 0 Å². The molecule has 1 aliphatic rings. The van der Waals surface area contributed by atoms with Crippen LogP contribution in [-0.4, -0.2) is 16.7 Å². The third-order valence-electron chi connectivity index (χ3n) is 5.20. The molecular weight excluding hydrogens is 431 g/mol. The number of nitrogens with zero attached hydrogens (tertiary/aromatic N) is 1. The zero-order valence-corrected chi connectivity index (χ0v) is 18.6. The Morgan fingerprint density at radius 1 is 0.839 bits per heavy atom. The second kappa shape index (κ2) is 8.58. The predicted octanol–water partition coefficient (Wildman–Crippen LogP) is 6.00. The molecule has 31 heavy (non-hydrogen) atoms. The number of anilines is 1. The van der Waals surface area contributed by atoms with Gasteiger partial charge in [-0.3, -0.25) is 14.5 Å². The number of amides is 2. The predicted molar refractivity (Wildman–Crippen MR) is 125 cm³/mol. The van der Waals surface area contributed by atoms with Gasteiger partial charge >= 0.3 is 0 Å². The highest BCUT2D eigenvalue weighted by Crippen LogP contribution is 2.33. The molecule has 0 unspecified atom stereocenters. The van der Waals surface area contributed by atoms with Gasteiger partial charge in [0.05, 0.1) is 12.1 Å². The van der Waals surface area contributed by atoms with E-state index in [0.717, 1.165) is 16.7 Å². The van der Waals surface area contributed by atoms with Gasteiger partial charge in [-0.15, -0.1) is 0 Å². The summed E-state index contributed by atoms with van der Waals surface area (Å²) in [5.41, 5.74) is 4.70. The Morgan fingerprint density at radius 2 is 1.52 bits per heavy atom. The molecule has 1 heterocycles. The molecule has 0 bridgehead atoms. The fourth-order valence-electron chi connectivity index (χ4n) is 3.41. The lowest BCUT2D eigenvalue weighted by Gasteiger charge is -2.16. The quantitative estimate of drug-likeness (QED) is 0.484. The number of hydrogen-bond acceptors (Lipinski definition) is 3. The Labute approximate surface area is 191 Å². The molecule has 1 aliphatic heterocycles. The van der Waals surface area contributed by atoms with E-state index in [1.165, 1.54) is 4.90 Å². The SMILES string of the molecule is Cc1ccc(CN2C(=O)C(Nc3ccc(C)c(Cl)c3)=C(c3ccc(Cl)cc3)C2=O)cc1. The molecular formula is C25H20Cl2N2O2. The molecule has 4 rings (SSSR count). The number of carbonyl (C=O) groups is 2. The molecule has 0 aromatic heterocycles. The van der Waals surface area contributed by atoms with Crippen LogP contribution in [0.15, 0.2) is 72.4 Å². The van der Waals surface area contributed by atoms with Crippen LogP contribution in [0.5, 0.6) is 0 Å². The van der Waals surface area contributed by atoms with Crippen molar-refractivity contribution in [3.8, 4) is 0 Å². The van der Waals surface area contributed by atoms with E-state index in [4.69, 9.17) is 23.2 Å². The summed E-state index contributed by atoms with van der Waals surface area (Å²) >= 11 is 12.3. The van der Waals surface area contributed by atoms with Crippen molar-refractivity contribution in [1.82, 2.24) is 4.90 Å². The van der Waals surface area contributed by atoms with Gasteiger partial charge in [-0.25, -0.2) is 0 Å². The molecule has 0 saturated carbocycles. The lowest BCUT2D eigenvalue weighted by Crippen LogP contribution is -2.32. The molecule has 3 aromatic carbocycles. The topological polar surface area (TPSA) is 49.4 Å². The van der Waals surface area contributed by atoms with Crippen LogP contribution in [0.1, 0.15) is 22.3 Å². The summed E-state index contributed by atoms with van der Waals surface area (Å²) in [6, 6.07) is 20.1. The maximum Gasteiger partial charge on any atom is 0.278 e. The summed E-state index contributed by atoms with van der Waals surface area (Å²) in [4.78, 5) is 27.9. The van der Waals surface area contributed by atoms with Gasteiger partial charge in [-0.2, -0.15) is 0 Å². The van der Waals surface area contributed by atoms with Crippen molar-refractivity contribution in [1.29, 1.82) is 0 Å². The Kier molecular flexibility index (Phi) is 5.86. The molecule has 3 aromatic rings. The molecule has 156 valence electrons. The van der Waals surface area contributed by atoms with Crippen molar-refractivity contribution >= 4 is 46.3 Å². The first-order valence-electron chi connectivity index (χ1n) is 9.78. The molecule has 0 spiro atoms. The first-order chi connectivity index (χ1) is 14.8. The second-order valence-electron chi connectivity index (χ2n) is 7.53. The molecule has 0 saturated heterocycles. The van der Waals surface area contributed by atoms with Gasteiger partial charge < -0.3 is 5.32 Å². The summed E-state index contributed by atoms with van der Waals surface area (Å²) in [5.74, 6) is -0.735. The normalized spacial score (nSPS) is 13.9. The number of aryl methyl sites for hydroxylation is 2. The number of nitrogens with one attached hydrogen (secondary N) is 1. The van der Waals surface area contributed by atoms with Gasteiger partial charge in [-0.05, 0) is 54.8 Å². The Hall–Kier alpha value is -3.08. The number of rotatable bonds is 5. The maximum atomic E-state index is 13.3. The first-order valence-corrected chi connectivity index (χ1v) is 10.5. The fraction of sp³-hybridized carbons (Fsp3) is 0.120. The van der Waals surface area contributed by atoms with E-state index < -0.39 is 0 Å². The maximum absolute atomic E-state index is 13.3. The summed E-state index contributed by atoms with van der Waals surface area (Å²) in [7, 11) is 0. The molecule has 4 nitrogen and oxygen atoms in total. The number of benzene rings is 3. The second-order valence-corrected chi connectivity index (χ2v) is 8.37. The lowest BCUT2D eigenvalue weighted by molar-refractivity contribution is -0.137. The van der Waals surface area contributed by atoms with Crippen LogP contribution >= 0.6 is 23.2 Å². The van der Waals surface area contributed by atoms with Crippen molar-refractivity contribution in [2.45, 2.75) is 20.4 Å². The van der Waals surface area contributed by atoms with Gasteiger partial charge in [0.2, 0.25) is 0 Å². The van der Waals surface area contributed by atoms with Crippen LogP contribution in [0.25, 0.3) is 5.57 Å². The zero-order chi connectivity index (χ0) is 22.1. The minimum Gasteiger partial charge on any atom is -0.350 e. The highest BCUT2D eigenvalue weighted by atomic mass is 35.5. The molecule has 6 heteroatoms. The Balaban J connectivity index is 1.74. The minimum atomic E-state index is -0.382. The van der Waals surface area contributed by atoms with E-state index in [1.807, 2.05) is 50.2 Å². The molecule has 0 radical (unpaired) electrons. The average molecular weight is 451 g/mol. The van der Waals surface area contributed by atoms with Crippen molar-refractivity contribution in [2.75, 3.05) is 5.32 Å². The van der Waals surface area contributed by atoms with Crippen LogP contribution in [-0.2, 0) is 16.1 Å². The minimum absolute atomic E-state index is 0.189. The average Bonchev–Trinajstić information content (AvgIpc) is 2.97.